The van der Waals surface area contributed by atoms with Crippen molar-refractivity contribution in [3.63, 3.8) is 0 Å². The molecule has 0 saturated heterocycles. The second-order valence-corrected chi connectivity index (χ2v) is 5.74. The highest BCUT2D eigenvalue weighted by Crippen LogP contribution is 2.15. The maximum Gasteiger partial charge on any atom is 0.240 e. The van der Waals surface area contributed by atoms with Crippen LogP contribution in [0.1, 0.15) is 31.9 Å². The van der Waals surface area contributed by atoms with Crippen molar-refractivity contribution in [2.75, 3.05) is 13.6 Å². The van der Waals surface area contributed by atoms with Gasteiger partial charge in [-0.15, -0.1) is 0 Å². The van der Waals surface area contributed by atoms with E-state index >= 15 is 0 Å². The molecular formula is C12H20N2O2S. The third-order valence-electron chi connectivity index (χ3n) is 2.67. The van der Waals surface area contributed by atoms with E-state index in [9.17, 15) is 8.42 Å². The lowest BCUT2D eigenvalue weighted by Crippen LogP contribution is -2.24. The van der Waals surface area contributed by atoms with Crippen LogP contribution >= 0.6 is 0 Å². The van der Waals surface area contributed by atoms with Gasteiger partial charge in [-0.05, 0) is 38.1 Å². The monoisotopic (exact) mass is 256 g/mol. The fraction of sp³-hybridized carbons (Fsp3) is 0.500. The second-order valence-electron chi connectivity index (χ2n) is 3.98. The van der Waals surface area contributed by atoms with Crippen LogP contribution in [0.3, 0.4) is 0 Å². The van der Waals surface area contributed by atoms with Gasteiger partial charge in [0.15, 0.2) is 0 Å². The van der Waals surface area contributed by atoms with Crippen molar-refractivity contribution >= 4 is 10.0 Å². The number of sulfonamides is 1. The maximum absolute atomic E-state index is 11.8. The first kappa shape index (κ1) is 14.2. The Morgan fingerprint density at radius 1 is 1.24 bits per heavy atom. The number of nitrogens with one attached hydrogen (secondary N) is 2. The summed E-state index contributed by atoms with van der Waals surface area (Å²) in [5.41, 5.74) is 1.07. The van der Waals surface area contributed by atoms with Gasteiger partial charge < -0.3 is 5.32 Å². The summed E-state index contributed by atoms with van der Waals surface area (Å²) in [4.78, 5) is 0.318. The molecule has 1 aromatic rings. The zero-order valence-corrected chi connectivity index (χ0v) is 11.3. The lowest BCUT2D eigenvalue weighted by molar-refractivity contribution is 0.580. The van der Waals surface area contributed by atoms with Crippen molar-refractivity contribution in [3.05, 3.63) is 29.8 Å². The quantitative estimate of drug-likeness (QED) is 0.813. The molecule has 0 bridgehead atoms. The number of hydrogen-bond acceptors (Lipinski definition) is 3. The average molecular weight is 256 g/mol. The fourth-order valence-corrected chi connectivity index (χ4v) is 2.56. The van der Waals surface area contributed by atoms with Crippen molar-refractivity contribution < 1.29 is 8.42 Å². The van der Waals surface area contributed by atoms with Crippen molar-refractivity contribution in [3.8, 4) is 0 Å². The Kier molecular flexibility index (Phi) is 5.11. The lowest BCUT2D eigenvalue weighted by Gasteiger charge is -2.11. The number of rotatable bonds is 6. The molecule has 0 heterocycles. The molecule has 96 valence electrons. The summed E-state index contributed by atoms with van der Waals surface area (Å²) in [5.74, 6) is 0. The Bertz CT molecular complexity index is 440. The molecule has 1 atom stereocenters. The second kappa shape index (κ2) is 6.14. The fourth-order valence-electron chi connectivity index (χ4n) is 1.42. The molecule has 1 aromatic carbocycles. The Labute approximate surface area is 103 Å². The van der Waals surface area contributed by atoms with Gasteiger partial charge in [-0.1, -0.05) is 19.1 Å². The summed E-state index contributed by atoms with van der Waals surface area (Å²) in [5, 5.41) is 3.11. The molecule has 0 saturated carbocycles. The zero-order chi connectivity index (χ0) is 12.9. The molecule has 1 rings (SSSR count). The molecule has 2 N–H and O–H groups in total. The first-order valence-corrected chi connectivity index (χ1v) is 7.26. The zero-order valence-electron chi connectivity index (χ0n) is 10.5. The van der Waals surface area contributed by atoms with Crippen molar-refractivity contribution in [2.24, 2.45) is 0 Å². The van der Waals surface area contributed by atoms with E-state index in [0.29, 0.717) is 11.4 Å². The normalized spacial score (nSPS) is 13.6. The largest absolute Gasteiger partial charge is 0.313 e. The van der Waals surface area contributed by atoms with Crippen LogP contribution in [-0.2, 0) is 10.0 Å². The van der Waals surface area contributed by atoms with Crippen molar-refractivity contribution in [1.82, 2.24) is 10.0 Å². The van der Waals surface area contributed by atoms with E-state index in [1.165, 1.54) is 0 Å². The molecule has 4 nitrogen and oxygen atoms in total. The molecule has 0 amide bonds. The molecule has 0 fully saturated rings. The molecule has 0 aromatic heterocycles. The summed E-state index contributed by atoms with van der Waals surface area (Å²) >= 11 is 0. The van der Waals surface area contributed by atoms with Crippen LogP contribution in [0.2, 0.25) is 0 Å². The van der Waals surface area contributed by atoms with Crippen LogP contribution in [0.15, 0.2) is 29.2 Å². The van der Waals surface area contributed by atoms with E-state index in [-0.39, 0.29) is 6.04 Å². The van der Waals surface area contributed by atoms with Gasteiger partial charge in [0.2, 0.25) is 10.0 Å². The molecule has 1 unspecified atom stereocenters. The van der Waals surface area contributed by atoms with E-state index in [2.05, 4.69) is 10.0 Å². The van der Waals surface area contributed by atoms with Gasteiger partial charge in [0, 0.05) is 12.6 Å². The number of hydrogen-bond donors (Lipinski definition) is 2. The predicted molar refractivity (Wildman–Crippen MR) is 69.4 cm³/mol. The number of benzene rings is 1. The van der Waals surface area contributed by atoms with Crippen LogP contribution in [0.4, 0.5) is 0 Å². The Morgan fingerprint density at radius 3 is 2.29 bits per heavy atom. The third kappa shape index (κ3) is 3.80. The van der Waals surface area contributed by atoms with Gasteiger partial charge in [0.25, 0.3) is 0 Å². The summed E-state index contributed by atoms with van der Waals surface area (Å²) < 4.78 is 26.2. The van der Waals surface area contributed by atoms with E-state index in [0.717, 1.165) is 12.0 Å². The molecule has 0 radical (unpaired) electrons. The smallest absolute Gasteiger partial charge is 0.240 e. The van der Waals surface area contributed by atoms with Gasteiger partial charge in [-0.2, -0.15) is 0 Å². The predicted octanol–water partition coefficient (Wildman–Crippen LogP) is 1.66. The van der Waals surface area contributed by atoms with Crippen LogP contribution in [-0.4, -0.2) is 22.0 Å². The summed E-state index contributed by atoms with van der Waals surface area (Å²) in [6.07, 6.45) is 0.786. The van der Waals surface area contributed by atoms with Crippen LogP contribution in [0.25, 0.3) is 0 Å². The summed E-state index contributed by atoms with van der Waals surface area (Å²) in [6, 6.07) is 7.17. The van der Waals surface area contributed by atoms with E-state index in [1.54, 1.807) is 12.1 Å². The minimum Gasteiger partial charge on any atom is -0.313 e. The molecular weight excluding hydrogens is 236 g/mol. The summed E-state index contributed by atoms with van der Waals surface area (Å²) in [6.45, 7) is 4.43. The average Bonchev–Trinajstić information content (AvgIpc) is 2.35. The van der Waals surface area contributed by atoms with Gasteiger partial charge in [-0.25, -0.2) is 13.1 Å². The highest BCUT2D eigenvalue weighted by atomic mass is 32.2. The van der Waals surface area contributed by atoms with Gasteiger partial charge in [0.05, 0.1) is 4.90 Å². The third-order valence-corrected chi connectivity index (χ3v) is 4.14. The van der Waals surface area contributed by atoms with Crippen LogP contribution in [0.5, 0.6) is 0 Å². The Hall–Kier alpha value is -0.910. The highest BCUT2D eigenvalue weighted by molar-refractivity contribution is 7.89. The molecule has 0 aliphatic rings. The Morgan fingerprint density at radius 2 is 1.82 bits per heavy atom. The first-order chi connectivity index (χ1) is 8.01. The van der Waals surface area contributed by atoms with E-state index < -0.39 is 10.0 Å². The molecule has 5 heteroatoms. The minimum atomic E-state index is -3.34. The van der Waals surface area contributed by atoms with E-state index in [4.69, 9.17) is 0 Å². The minimum absolute atomic E-state index is 0.218. The molecule has 17 heavy (non-hydrogen) atoms. The van der Waals surface area contributed by atoms with Gasteiger partial charge in [-0.3, -0.25) is 0 Å². The SMILES string of the molecule is CCCNS(=O)(=O)c1ccc(C(C)NC)cc1. The Balaban J connectivity index is 2.87. The maximum atomic E-state index is 11.8. The van der Waals surface area contributed by atoms with Crippen LogP contribution < -0.4 is 10.0 Å². The highest BCUT2D eigenvalue weighted by Gasteiger charge is 2.13. The molecule has 0 aliphatic heterocycles. The van der Waals surface area contributed by atoms with Crippen molar-refractivity contribution in [1.29, 1.82) is 0 Å². The first-order valence-electron chi connectivity index (χ1n) is 5.78. The van der Waals surface area contributed by atoms with E-state index in [1.807, 2.05) is 33.0 Å². The molecule has 0 aliphatic carbocycles. The van der Waals surface area contributed by atoms with Gasteiger partial charge in [0.1, 0.15) is 0 Å². The topological polar surface area (TPSA) is 58.2 Å². The summed E-state index contributed by atoms with van der Waals surface area (Å²) in [7, 11) is -1.47. The molecule has 0 spiro atoms. The van der Waals surface area contributed by atoms with Crippen molar-refractivity contribution in [2.45, 2.75) is 31.2 Å². The lowest BCUT2D eigenvalue weighted by atomic mass is 10.1. The van der Waals surface area contributed by atoms with Gasteiger partial charge >= 0.3 is 0 Å². The van der Waals surface area contributed by atoms with Crippen LogP contribution in [0, 0.1) is 0 Å². The standard InChI is InChI=1S/C12H20N2O2S/c1-4-9-14-17(15,16)12-7-5-11(6-8-12)10(2)13-3/h5-8,10,13-14H,4,9H2,1-3H3.